The predicted molar refractivity (Wildman–Crippen MR) is 80.7 cm³/mol. The summed E-state index contributed by atoms with van der Waals surface area (Å²) in [5.41, 5.74) is 6.16. The lowest BCUT2D eigenvalue weighted by Crippen LogP contribution is -2.10. The largest absolute Gasteiger partial charge is 0.486 e. The lowest BCUT2D eigenvalue weighted by atomic mass is 10.2. The van der Waals surface area contributed by atoms with Gasteiger partial charge in [-0.2, -0.15) is 0 Å². The zero-order valence-electron chi connectivity index (χ0n) is 10.2. The van der Waals surface area contributed by atoms with Gasteiger partial charge in [0, 0.05) is 15.6 Å². The lowest BCUT2D eigenvalue weighted by molar-refractivity contribution is 0.284. The molecule has 0 bridgehead atoms. The summed E-state index contributed by atoms with van der Waals surface area (Å²) in [7, 11) is 0. The first-order valence-electron chi connectivity index (χ1n) is 5.63. The number of benzene rings is 2. The average Bonchev–Trinajstić information content (AvgIpc) is 2.38. The van der Waals surface area contributed by atoms with Crippen LogP contribution in [0.5, 0.6) is 5.75 Å². The normalized spacial score (nSPS) is 10.3. The Bertz CT molecular complexity index is 664. The van der Waals surface area contributed by atoms with Gasteiger partial charge in [0.05, 0.1) is 0 Å². The van der Waals surface area contributed by atoms with Gasteiger partial charge in [-0.25, -0.2) is 8.78 Å². The fraction of sp³-hybridized carbons (Fsp3) is 0.0714. The molecule has 0 aromatic heterocycles. The third-order valence-electron chi connectivity index (χ3n) is 2.61. The molecule has 2 rings (SSSR count). The predicted octanol–water partition coefficient (Wildman–Crippen LogP) is 3.94. The van der Waals surface area contributed by atoms with Crippen molar-refractivity contribution in [1.82, 2.24) is 0 Å². The quantitative estimate of drug-likeness (QED) is 0.841. The number of rotatable bonds is 4. The van der Waals surface area contributed by atoms with Crippen molar-refractivity contribution in [2.45, 2.75) is 6.61 Å². The van der Waals surface area contributed by atoms with Gasteiger partial charge in [-0.3, -0.25) is 0 Å². The molecular formula is C14H10BrF2NOS. The summed E-state index contributed by atoms with van der Waals surface area (Å²) in [4.78, 5) is 0.106. The highest BCUT2D eigenvalue weighted by atomic mass is 79.9. The van der Waals surface area contributed by atoms with Crippen molar-refractivity contribution in [2.24, 2.45) is 5.73 Å². The van der Waals surface area contributed by atoms with E-state index in [4.69, 9.17) is 22.7 Å². The Labute approximate surface area is 128 Å². The van der Waals surface area contributed by atoms with Crippen molar-refractivity contribution >= 4 is 33.1 Å². The second-order valence-electron chi connectivity index (χ2n) is 4.03. The monoisotopic (exact) mass is 357 g/mol. The molecule has 0 radical (unpaired) electrons. The Hall–Kier alpha value is -1.53. The van der Waals surface area contributed by atoms with Crippen LogP contribution in [0.15, 0.2) is 40.9 Å². The summed E-state index contributed by atoms with van der Waals surface area (Å²) < 4.78 is 33.2. The van der Waals surface area contributed by atoms with E-state index in [1.807, 2.05) is 0 Å². The van der Waals surface area contributed by atoms with E-state index in [1.165, 1.54) is 18.2 Å². The van der Waals surface area contributed by atoms with Crippen LogP contribution >= 0.6 is 28.1 Å². The Kier molecular flexibility index (Phi) is 4.67. The van der Waals surface area contributed by atoms with Gasteiger partial charge in [-0.15, -0.1) is 0 Å². The first-order chi connectivity index (χ1) is 9.47. The number of thiocarbonyl (C=S) groups is 1. The molecule has 6 heteroatoms. The minimum absolute atomic E-state index is 0.0207. The SMILES string of the molecule is NC(=S)c1ccc(OCc2ccc(Br)cc2F)c(F)c1. The Morgan fingerprint density at radius 1 is 1.15 bits per heavy atom. The highest BCUT2D eigenvalue weighted by Gasteiger charge is 2.08. The molecule has 0 aliphatic carbocycles. The van der Waals surface area contributed by atoms with E-state index >= 15 is 0 Å². The summed E-state index contributed by atoms with van der Waals surface area (Å²) in [5.74, 6) is -0.986. The molecule has 0 fully saturated rings. The van der Waals surface area contributed by atoms with Gasteiger partial charge < -0.3 is 10.5 Å². The van der Waals surface area contributed by atoms with Crippen molar-refractivity contribution < 1.29 is 13.5 Å². The van der Waals surface area contributed by atoms with Crippen LogP contribution in [0.4, 0.5) is 8.78 Å². The van der Waals surface area contributed by atoms with E-state index in [-0.39, 0.29) is 17.3 Å². The van der Waals surface area contributed by atoms with Gasteiger partial charge in [0.1, 0.15) is 17.4 Å². The molecule has 2 N–H and O–H groups in total. The second kappa shape index (κ2) is 6.28. The Balaban J connectivity index is 2.13. The van der Waals surface area contributed by atoms with E-state index < -0.39 is 11.6 Å². The lowest BCUT2D eigenvalue weighted by Gasteiger charge is -2.09. The van der Waals surface area contributed by atoms with Crippen LogP contribution in [-0.2, 0) is 6.61 Å². The first kappa shape index (κ1) is 14.9. The average molecular weight is 358 g/mol. The van der Waals surface area contributed by atoms with Gasteiger partial charge in [-0.05, 0) is 30.3 Å². The van der Waals surface area contributed by atoms with E-state index in [0.29, 0.717) is 15.6 Å². The third-order valence-corrected chi connectivity index (χ3v) is 3.34. The van der Waals surface area contributed by atoms with Crippen LogP contribution in [0.3, 0.4) is 0 Å². The van der Waals surface area contributed by atoms with Crippen molar-refractivity contribution in [1.29, 1.82) is 0 Å². The van der Waals surface area contributed by atoms with Gasteiger partial charge in [0.2, 0.25) is 0 Å². The van der Waals surface area contributed by atoms with Crippen molar-refractivity contribution in [2.75, 3.05) is 0 Å². The summed E-state index contributed by atoms with van der Waals surface area (Å²) >= 11 is 7.91. The van der Waals surface area contributed by atoms with Gasteiger partial charge in [0.25, 0.3) is 0 Å². The molecular weight excluding hydrogens is 348 g/mol. The minimum Gasteiger partial charge on any atom is -0.486 e. The van der Waals surface area contributed by atoms with Crippen molar-refractivity contribution in [3.05, 3.63) is 63.6 Å². The minimum atomic E-state index is -0.590. The molecule has 0 atom stereocenters. The molecule has 2 aromatic rings. The molecule has 2 nitrogen and oxygen atoms in total. The summed E-state index contributed by atoms with van der Waals surface area (Å²) in [6.45, 7) is -0.0670. The van der Waals surface area contributed by atoms with Crippen LogP contribution in [0.2, 0.25) is 0 Å². The number of nitrogens with two attached hydrogens (primary N) is 1. The van der Waals surface area contributed by atoms with Crippen molar-refractivity contribution in [3.8, 4) is 5.75 Å². The highest BCUT2D eigenvalue weighted by Crippen LogP contribution is 2.21. The van der Waals surface area contributed by atoms with Crippen LogP contribution in [0, 0.1) is 11.6 Å². The first-order valence-corrected chi connectivity index (χ1v) is 6.83. The fourth-order valence-electron chi connectivity index (χ4n) is 1.57. The van der Waals surface area contributed by atoms with Gasteiger partial charge in [0.15, 0.2) is 11.6 Å². The maximum Gasteiger partial charge on any atom is 0.165 e. The van der Waals surface area contributed by atoms with Gasteiger partial charge in [-0.1, -0.05) is 34.2 Å². The maximum atomic E-state index is 13.7. The zero-order chi connectivity index (χ0) is 14.7. The highest BCUT2D eigenvalue weighted by molar-refractivity contribution is 9.10. The molecule has 0 heterocycles. The van der Waals surface area contributed by atoms with Crippen LogP contribution < -0.4 is 10.5 Å². The second-order valence-corrected chi connectivity index (χ2v) is 5.39. The third kappa shape index (κ3) is 3.52. The molecule has 104 valence electrons. The molecule has 0 unspecified atom stereocenters. The Morgan fingerprint density at radius 3 is 2.50 bits per heavy atom. The van der Waals surface area contributed by atoms with Crippen molar-refractivity contribution in [3.63, 3.8) is 0 Å². The molecule has 20 heavy (non-hydrogen) atoms. The van der Waals surface area contributed by atoms with Crippen LogP contribution in [-0.4, -0.2) is 4.99 Å². The van der Waals surface area contributed by atoms with E-state index in [9.17, 15) is 8.78 Å². The molecule has 0 aliphatic heterocycles. The van der Waals surface area contributed by atoms with Crippen LogP contribution in [0.25, 0.3) is 0 Å². The summed E-state index contributed by atoms with van der Waals surface area (Å²) in [6, 6.07) is 8.74. The molecule has 0 saturated heterocycles. The van der Waals surface area contributed by atoms with Crippen LogP contribution in [0.1, 0.15) is 11.1 Å². The summed E-state index contributed by atoms with van der Waals surface area (Å²) in [6.07, 6.45) is 0. The van der Waals surface area contributed by atoms with E-state index in [2.05, 4.69) is 15.9 Å². The number of hydrogen-bond donors (Lipinski definition) is 1. The van der Waals surface area contributed by atoms with E-state index in [0.717, 1.165) is 0 Å². The van der Waals surface area contributed by atoms with E-state index in [1.54, 1.807) is 18.2 Å². The number of ether oxygens (including phenoxy) is 1. The maximum absolute atomic E-state index is 13.7. The number of halogens is 3. The molecule has 2 aromatic carbocycles. The topological polar surface area (TPSA) is 35.2 Å². The standard InChI is InChI=1S/C14H10BrF2NOS/c15-10-3-1-9(11(16)6-10)7-19-13-4-2-8(14(18)20)5-12(13)17/h1-6H,7H2,(H2,18,20). The molecule has 0 saturated carbocycles. The fourth-order valence-corrected chi connectivity index (χ4v) is 2.03. The Morgan fingerprint density at radius 2 is 1.90 bits per heavy atom. The van der Waals surface area contributed by atoms with Gasteiger partial charge >= 0.3 is 0 Å². The number of hydrogen-bond acceptors (Lipinski definition) is 2. The zero-order valence-corrected chi connectivity index (χ0v) is 12.6. The molecule has 0 aliphatic rings. The molecule has 0 amide bonds. The summed E-state index contributed by atoms with van der Waals surface area (Å²) in [5, 5.41) is 0. The molecule has 0 spiro atoms. The smallest absolute Gasteiger partial charge is 0.165 e.